The van der Waals surface area contributed by atoms with Crippen LogP contribution in [-0.4, -0.2) is 31.1 Å². The molecule has 0 bridgehead atoms. The van der Waals surface area contributed by atoms with Crippen LogP contribution in [0.1, 0.15) is 5.56 Å². The van der Waals surface area contributed by atoms with Crippen LogP contribution < -0.4 is 25.1 Å². The normalized spacial score (nSPS) is 15.1. The van der Waals surface area contributed by atoms with E-state index in [1.807, 2.05) is 13.0 Å². The van der Waals surface area contributed by atoms with Crippen molar-refractivity contribution in [1.29, 1.82) is 0 Å². The molecular formula is C18H17ClN2O5. The third kappa shape index (κ3) is 4.37. The molecule has 0 saturated carbocycles. The van der Waals surface area contributed by atoms with Crippen molar-refractivity contribution in [3.05, 3.63) is 53.1 Å². The standard InChI is InChI=1S/C18H17ClN2O5/c1-11-8-12(6-7-13(11)19)24-10-17(22)20-21-18(23)16-9-25-14-4-2-3-5-15(14)26-16/h2-8,16H,9-10H2,1H3,(H,20,22)(H,21,23). The number of ether oxygens (including phenoxy) is 3. The van der Waals surface area contributed by atoms with E-state index in [4.69, 9.17) is 25.8 Å². The highest BCUT2D eigenvalue weighted by Gasteiger charge is 2.27. The Labute approximate surface area is 155 Å². The number of para-hydroxylation sites is 2. The molecule has 1 aliphatic rings. The number of carbonyl (C=O) groups excluding carboxylic acids is 2. The first-order valence-electron chi connectivity index (χ1n) is 7.89. The third-order valence-electron chi connectivity index (χ3n) is 3.63. The number of amides is 2. The summed E-state index contributed by atoms with van der Waals surface area (Å²) in [5.41, 5.74) is 5.41. The van der Waals surface area contributed by atoms with E-state index >= 15 is 0 Å². The van der Waals surface area contributed by atoms with E-state index in [0.717, 1.165) is 5.56 Å². The maximum atomic E-state index is 12.1. The number of carbonyl (C=O) groups is 2. The van der Waals surface area contributed by atoms with Crippen molar-refractivity contribution in [3.63, 3.8) is 0 Å². The minimum atomic E-state index is -0.856. The molecule has 0 saturated heterocycles. The fourth-order valence-electron chi connectivity index (χ4n) is 2.25. The van der Waals surface area contributed by atoms with Gasteiger partial charge in [0.05, 0.1) is 0 Å². The Morgan fingerprint density at radius 1 is 1.19 bits per heavy atom. The zero-order valence-corrected chi connectivity index (χ0v) is 14.7. The Balaban J connectivity index is 1.44. The quantitative estimate of drug-likeness (QED) is 0.797. The highest BCUT2D eigenvalue weighted by Crippen LogP contribution is 2.30. The molecule has 3 rings (SSSR count). The molecule has 0 aromatic heterocycles. The summed E-state index contributed by atoms with van der Waals surface area (Å²) in [6, 6.07) is 12.1. The second kappa shape index (κ2) is 7.97. The predicted octanol–water partition coefficient (Wildman–Crippen LogP) is 2.01. The first-order valence-corrected chi connectivity index (χ1v) is 8.27. The lowest BCUT2D eigenvalue weighted by molar-refractivity contribution is -0.135. The van der Waals surface area contributed by atoms with Crippen molar-refractivity contribution >= 4 is 23.4 Å². The van der Waals surface area contributed by atoms with Gasteiger partial charge in [-0.25, -0.2) is 0 Å². The van der Waals surface area contributed by atoms with Gasteiger partial charge in [0.15, 0.2) is 18.1 Å². The molecule has 1 heterocycles. The van der Waals surface area contributed by atoms with Gasteiger partial charge in [0.2, 0.25) is 6.10 Å². The molecule has 0 spiro atoms. The van der Waals surface area contributed by atoms with Gasteiger partial charge in [0, 0.05) is 5.02 Å². The Bertz CT molecular complexity index is 827. The highest BCUT2D eigenvalue weighted by molar-refractivity contribution is 6.31. The lowest BCUT2D eigenvalue weighted by Gasteiger charge is -2.25. The third-order valence-corrected chi connectivity index (χ3v) is 4.05. The molecule has 136 valence electrons. The van der Waals surface area contributed by atoms with Crippen molar-refractivity contribution in [2.24, 2.45) is 0 Å². The maximum absolute atomic E-state index is 12.1. The number of benzene rings is 2. The molecule has 7 nitrogen and oxygen atoms in total. The van der Waals surface area contributed by atoms with E-state index in [1.54, 1.807) is 36.4 Å². The number of rotatable bonds is 4. The molecule has 1 unspecified atom stereocenters. The van der Waals surface area contributed by atoms with Gasteiger partial charge < -0.3 is 14.2 Å². The zero-order valence-electron chi connectivity index (χ0n) is 14.0. The molecular weight excluding hydrogens is 360 g/mol. The first kappa shape index (κ1) is 17.9. The van der Waals surface area contributed by atoms with Crippen LogP contribution in [0.3, 0.4) is 0 Å². The van der Waals surface area contributed by atoms with Crippen molar-refractivity contribution in [2.75, 3.05) is 13.2 Å². The number of nitrogens with one attached hydrogen (secondary N) is 2. The topological polar surface area (TPSA) is 85.9 Å². The van der Waals surface area contributed by atoms with E-state index < -0.39 is 17.9 Å². The number of aryl methyl sites for hydroxylation is 1. The van der Waals surface area contributed by atoms with E-state index in [-0.39, 0.29) is 13.2 Å². The van der Waals surface area contributed by atoms with Crippen molar-refractivity contribution in [3.8, 4) is 17.2 Å². The van der Waals surface area contributed by atoms with Gasteiger partial charge >= 0.3 is 0 Å². The second-order valence-electron chi connectivity index (χ2n) is 5.60. The molecule has 8 heteroatoms. The largest absolute Gasteiger partial charge is 0.485 e. The van der Waals surface area contributed by atoms with E-state index in [1.165, 1.54) is 0 Å². The maximum Gasteiger partial charge on any atom is 0.283 e. The molecule has 0 fully saturated rings. The fourth-order valence-corrected chi connectivity index (χ4v) is 2.37. The van der Waals surface area contributed by atoms with Gasteiger partial charge in [-0.15, -0.1) is 0 Å². The molecule has 1 aliphatic heterocycles. The highest BCUT2D eigenvalue weighted by atomic mass is 35.5. The summed E-state index contributed by atoms with van der Waals surface area (Å²) < 4.78 is 16.4. The van der Waals surface area contributed by atoms with Gasteiger partial charge in [0.1, 0.15) is 12.4 Å². The summed E-state index contributed by atoms with van der Waals surface area (Å²) in [4.78, 5) is 23.9. The summed E-state index contributed by atoms with van der Waals surface area (Å²) in [5.74, 6) is 0.534. The minimum Gasteiger partial charge on any atom is -0.485 e. The Kier molecular flexibility index (Phi) is 5.48. The van der Waals surface area contributed by atoms with Crippen molar-refractivity contribution in [1.82, 2.24) is 10.9 Å². The van der Waals surface area contributed by atoms with Gasteiger partial charge in [-0.2, -0.15) is 0 Å². The molecule has 2 amide bonds. The van der Waals surface area contributed by atoms with Crippen LogP contribution in [0.5, 0.6) is 17.2 Å². The number of fused-ring (bicyclic) bond motifs is 1. The molecule has 2 aromatic rings. The van der Waals surface area contributed by atoms with Crippen LogP contribution in [0.2, 0.25) is 5.02 Å². The smallest absolute Gasteiger partial charge is 0.283 e. The molecule has 2 aromatic carbocycles. The first-order chi connectivity index (χ1) is 12.5. The van der Waals surface area contributed by atoms with Crippen LogP contribution in [0.15, 0.2) is 42.5 Å². The van der Waals surface area contributed by atoms with Gasteiger partial charge in [-0.3, -0.25) is 20.4 Å². The number of hydrazine groups is 1. The molecule has 1 atom stereocenters. The molecule has 26 heavy (non-hydrogen) atoms. The Hall–Kier alpha value is -2.93. The number of hydrogen-bond acceptors (Lipinski definition) is 5. The monoisotopic (exact) mass is 376 g/mol. The second-order valence-corrected chi connectivity index (χ2v) is 6.01. The van der Waals surface area contributed by atoms with Crippen molar-refractivity contribution < 1.29 is 23.8 Å². The summed E-state index contributed by atoms with van der Waals surface area (Å²) in [5, 5.41) is 0.616. The van der Waals surface area contributed by atoms with Crippen LogP contribution in [-0.2, 0) is 9.59 Å². The molecule has 0 radical (unpaired) electrons. The summed E-state index contributed by atoms with van der Waals surface area (Å²) in [6.07, 6.45) is -0.856. The number of hydrogen-bond donors (Lipinski definition) is 2. The lowest BCUT2D eigenvalue weighted by atomic mass is 10.2. The summed E-state index contributed by atoms with van der Waals surface area (Å²) >= 11 is 5.93. The average molecular weight is 377 g/mol. The van der Waals surface area contributed by atoms with Crippen LogP contribution in [0.4, 0.5) is 0 Å². The predicted molar refractivity (Wildman–Crippen MR) is 94.3 cm³/mol. The Morgan fingerprint density at radius 3 is 2.73 bits per heavy atom. The summed E-state index contributed by atoms with van der Waals surface area (Å²) in [7, 11) is 0. The minimum absolute atomic E-state index is 0.0548. The van der Waals surface area contributed by atoms with E-state index in [0.29, 0.717) is 22.3 Å². The van der Waals surface area contributed by atoms with Crippen LogP contribution in [0.25, 0.3) is 0 Å². The average Bonchev–Trinajstić information content (AvgIpc) is 2.66. The summed E-state index contributed by atoms with van der Waals surface area (Å²) in [6.45, 7) is 1.63. The Morgan fingerprint density at radius 2 is 1.96 bits per heavy atom. The van der Waals surface area contributed by atoms with Gasteiger partial charge in [0.25, 0.3) is 11.8 Å². The van der Waals surface area contributed by atoms with Gasteiger partial charge in [-0.1, -0.05) is 23.7 Å². The molecule has 0 aliphatic carbocycles. The van der Waals surface area contributed by atoms with E-state index in [9.17, 15) is 9.59 Å². The molecule has 2 N–H and O–H groups in total. The fraction of sp³-hybridized carbons (Fsp3) is 0.222. The van der Waals surface area contributed by atoms with Crippen LogP contribution >= 0.6 is 11.6 Å². The van der Waals surface area contributed by atoms with Crippen LogP contribution in [0, 0.1) is 6.92 Å². The lowest BCUT2D eigenvalue weighted by Crippen LogP contribution is -2.51. The van der Waals surface area contributed by atoms with Crippen molar-refractivity contribution in [2.45, 2.75) is 13.0 Å². The SMILES string of the molecule is Cc1cc(OCC(=O)NNC(=O)C2COc3ccccc3O2)ccc1Cl. The van der Waals surface area contributed by atoms with Gasteiger partial charge in [-0.05, 0) is 42.8 Å². The number of halogens is 1. The zero-order chi connectivity index (χ0) is 18.5. The van der Waals surface area contributed by atoms with E-state index in [2.05, 4.69) is 10.9 Å².